The van der Waals surface area contributed by atoms with Gasteiger partial charge in [-0.05, 0) is 31.1 Å². The summed E-state index contributed by atoms with van der Waals surface area (Å²) in [6.45, 7) is 0. The highest BCUT2D eigenvalue weighted by atomic mass is 127. The first-order valence-electron chi connectivity index (χ1n) is 3.86. The second-order valence-corrected chi connectivity index (χ2v) is 4.51. The van der Waals surface area contributed by atoms with E-state index in [2.05, 4.69) is 26.4 Å². The maximum Gasteiger partial charge on any atom is 0.0174 e. The number of hydrogen-bond acceptors (Lipinski definition) is 2. The Morgan fingerprint density at radius 3 is 2.30 bits per heavy atom. The lowest BCUT2D eigenvalue weighted by molar-refractivity contribution is -0.00825. The van der Waals surface area contributed by atoms with Crippen molar-refractivity contribution in [2.24, 2.45) is 11.1 Å². The predicted molar refractivity (Wildman–Crippen MR) is 49.8 cm³/mol. The number of rotatable bonds is 1. The molecule has 0 saturated heterocycles. The molecule has 0 bridgehead atoms. The van der Waals surface area contributed by atoms with Crippen molar-refractivity contribution in [1.29, 1.82) is 0 Å². The molecule has 58 valence electrons. The second kappa shape index (κ2) is 2.32. The Morgan fingerprint density at radius 1 is 1.30 bits per heavy atom. The zero-order valence-electron chi connectivity index (χ0n) is 5.94. The lowest BCUT2D eigenvalue weighted by atomic mass is 9.52. The van der Waals surface area contributed by atoms with Crippen LogP contribution >= 0.6 is 22.9 Å². The van der Waals surface area contributed by atoms with E-state index in [4.69, 9.17) is 5.73 Å². The van der Waals surface area contributed by atoms with Crippen LogP contribution in [0.25, 0.3) is 0 Å². The minimum Gasteiger partial charge on any atom is -0.328 e. The van der Waals surface area contributed by atoms with Crippen molar-refractivity contribution in [3.05, 3.63) is 0 Å². The summed E-state index contributed by atoms with van der Waals surface area (Å²) in [5.74, 6) is 0. The van der Waals surface area contributed by atoms with Crippen molar-refractivity contribution >= 4 is 22.9 Å². The Kier molecular flexibility index (Phi) is 1.69. The van der Waals surface area contributed by atoms with Crippen molar-refractivity contribution in [1.82, 2.24) is 3.53 Å². The molecular formula is C7H13IN2. The summed E-state index contributed by atoms with van der Waals surface area (Å²) in [6, 6.07) is 1.31. The summed E-state index contributed by atoms with van der Waals surface area (Å²) < 4.78 is 3.27. The molecule has 10 heavy (non-hydrogen) atoms. The van der Waals surface area contributed by atoms with Crippen molar-refractivity contribution in [3.8, 4) is 0 Å². The monoisotopic (exact) mass is 252 g/mol. The molecule has 2 nitrogen and oxygen atoms in total. The van der Waals surface area contributed by atoms with E-state index in [1.54, 1.807) is 0 Å². The van der Waals surface area contributed by atoms with Gasteiger partial charge >= 0.3 is 0 Å². The van der Waals surface area contributed by atoms with Crippen LogP contribution in [0.5, 0.6) is 0 Å². The largest absolute Gasteiger partial charge is 0.328 e. The van der Waals surface area contributed by atoms with Crippen molar-refractivity contribution < 1.29 is 0 Å². The van der Waals surface area contributed by atoms with Gasteiger partial charge in [-0.15, -0.1) is 0 Å². The van der Waals surface area contributed by atoms with E-state index < -0.39 is 0 Å². The lowest BCUT2D eigenvalue weighted by Gasteiger charge is -2.56. The van der Waals surface area contributed by atoms with Crippen molar-refractivity contribution in [2.45, 2.75) is 37.8 Å². The summed E-state index contributed by atoms with van der Waals surface area (Å²) in [5.41, 5.74) is 6.42. The molecule has 0 amide bonds. The summed E-state index contributed by atoms with van der Waals surface area (Å²) >= 11 is 2.25. The normalized spacial score (nSPS) is 52.2. The smallest absolute Gasteiger partial charge is 0.0174 e. The average molecular weight is 252 g/mol. The second-order valence-electron chi connectivity index (χ2n) is 3.88. The quantitative estimate of drug-likeness (QED) is 0.543. The van der Waals surface area contributed by atoms with Gasteiger partial charge in [-0.1, -0.05) is 0 Å². The van der Waals surface area contributed by atoms with Crippen molar-refractivity contribution in [3.63, 3.8) is 0 Å². The molecule has 0 aliphatic heterocycles. The third kappa shape index (κ3) is 0.987. The van der Waals surface area contributed by atoms with Gasteiger partial charge in [0.25, 0.3) is 0 Å². The SMILES string of the molecule is NC1CC2(C1)CC(NI)C2. The summed E-state index contributed by atoms with van der Waals surface area (Å²) in [4.78, 5) is 0. The first kappa shape index (κ1) is 7.31. The highest BCUT2D eigenvalue weighted by molar-refractivity contribution is 14.1. The van der Waals surface area contributed by atoms with Gasteiger partial charge in [-0.25, -0.2) is 0 Å². The molecule has 1 spiro atoms. The molecule has 0 aromatic heterocycles. The van der Waals surface area contributed by atoms with Gasteiger partial charge < -0.3 is 5.73 Å². The van der Waals surface area contributed by atoms with Gasteiger partial charge in [0.1, 0.15) is 0 Å². The van der Waals surface area contributed by atoms with E-state index in [1.165, 1.54) is 25.7 Å². The summed E-state index contributed by atoms with van der Waals surface area (Å²) in [5, 5.41) is 0. The molecule has 0 aromatic carbocycles. The lowest BCUT2D eigenvalue weighted by Crippen LogP contribution is -2.57. The van der Waals surface area contributed by atoms with Gasteiger partial charge in [0, 0.05) is 34.9 Å². The summed E-state index contributed by atoms with van der Waals surface area (Å²) in [7, 11) is 0. The van der Waals surface area contributed by atoms with E-state index in [9.17, 15) is 0 Å². The Hall–Kier alpha value is 0.650. The van der Waals surface area contributed by atoms with Gasteiger partial charge in [-0.2, -0.15) is 0 Å². The standard InChI is InChI=1S/C7H13IN2/c8-10-6-3-7(4-6)1-5(9)2-7/h5-6,10H,1-4,9H2. The fourth-order valence-corrected chi connectivity index (χ4v) is 2.89. The Labute approximate surface area is 75.4 Å². The molecule has 0 heterocycles. The molecule has 2 aliphatic carbocycles. The Bertz CT molecular complexity index is 135. The van der Waals surface area contributed by atoms with Crippen LogP contribution in [-0.4, -0.2) is 12.1 Å². The van der Waals surface area contributed by atoms with Crippen LogP contribution in [0.1, 0.15) is 25.7 Å². The van der Waals surface area contributed by atoms with E-state index in [-0.39, 0.29) is 0 Å². The molecule has 2 aliphatic rings. The van der Waals surface area contributed by atoms with Crippen LogP contribution in [0, 0.1) is 5.41 Å². The number of hydrogen-bond donors (Lipinski definition) is 2. The van der Waals surface area contributed by atoms with Crippen LogP contribution < -0.4 is 9.26 Å². The topological polar surface area (TPSA) is 38.0 Å². The molecular weight excluding hydrogens is 239 g/mol. The van der Waals surface area contributed by atoms with Crippen molar-refractivity contribution in [2.75, 3.05) is 0 Å². The van der Waals surface area contributed by atoms with Gasteiger partial charge in [0.05, 0.1) is 0 Å². The predicted octanol–water partition coefficient (Wildman–Crippen LogP) is 1.20. The van der Waals surface area contributed by atoms with E-state index in [1.807, 2.05) is 0 Å². The highest BCUT2D eigenvalue weighted by Crippen LogP contribution is 2.55. The van der Waals surface area contributed by atoms with Crippen LogP contribution in [0.15, 0.2) is 0 Å². The average Bonchev–Trinajstić information content (AvgIpc) is 1.74. The highest BCUT2D eigenvalue weighted by Gasteiger charge is 2.51. The number of nitrogens with two attached hydrogens (primary N) is 1. The van der Waals surface area contributed by atoms with Gasteiger partial charge in [-0.3, -0.25) is 3.53 Å². The summed E-state index contributed by atoms with van der Waals surface area (Å²) in [6.07, 6.45) is 5.29. The van der Waals surface area contributed by atoms with Crippen LogP contribution in [0.4, 0.5) is 0 Å². The zero-order chi connectivity index (χ0) is 7.19. The first-order chi connectivity index (χ1) is 4.74. The molecule has 0 aromatic rings. The Morgan fingerprint density at radius 2 is 1.90 bits per heavy atom. The number of nitrogens with one attached hydrogen (secondary N) is 1. The maximum atomic E-state index is 5.73. The molecule has 0 atom stereocenters. The third-order valence-electron chi connectivity index (χ3n) is 2.90. The van der Waals surface area contributed by atoms with E-state index in [0.29, 0.717) is 11.5 Å². The third-order valence-corrected chi connectivity index (χ3v) is 3.78. The van der Waals surface area contributed by atoms with E-state index >= 15 is 0 Å². The molecule has 0 radical (unpaired) electrons. The maximum absolute atomic E-state index is 5.73. The Balaban J connectivity index is 1.80. The van der Waals surface area contributed by atoms with Gasteiger partial charge in [0.2, 0.25) is 0 Å². The molecule has 2 rings (SSSR count). The fraction of sp³-hybridized carbons (Fsp3) is 1.00. The minimum atomic E-state index is 0.523. The molecule has 2 saturated carbocycles. The minimum absolute atomic E-state index is 0.523. The fourth-order valence-electron chi connectivity index (χ4n) is 2.45. The van der Waals surface area contributed by atoms with Gasteiger partial charge in [0.15, 0.2) is 0 Å². The number of halogens is 1. The van der Waals surface area contributed by atoms with E-state index in [0.717, 1.165) is 6.04 Å². The molecule has 3 N–H and O–H groups in total. The van der Waals surface area contributed by atoms with Crippen LogP contribution in [0.3, 0.4) is 0 Å². The first-order valence-corrected chi connectivity index (χ1v) is 4.94. The van der Waals surface area contributed by atoms with Crippen LogP contribution in [-0.2, 0) is 0 Å². The molecule has 2 fully saturated rings. The molecule has 3 heteroatoms. The van der Waals surface area contributed by atoms with Crippen LogP contribution in [0.2, 0.25) is 0 Å². The molecule has 0 unspecified atom stereocenters. The zero-order valence-corrected chi connectivity index (χ0v) is 8.10.